The van der Waals surface area contributed by atoms with E-state index in [4.69, 9.17) is 4.74 Å². The molecule has 0 spiro atoms. The molecule has 0 bridgehead atoms. The standard InChI is InChI=1S/C10H21NO2/c1-5-6-7-8-10(12)13-9(2)11(3)4/h9H,5-8H2,1-4H3. The first-order chi connectivity index (χ1) is 6.07. The second-order valence-corrected chi connectivity index (χ2v) is 3.51. The van der Waals surface area contributed by atoms with E-state index in [1.165, 1.54) is 0 Å². The number of carbonyl (C=O) groups excluding carboxylic acids is 1. The number of rotatable bonds is 6. The van der Waals surface area contributed by atoms with Crippen LogP contribution in [0.3, 0.4) is 0 Å². The molecule has 0 radical (unpaired) electrons. The largest absolute Gasteiger partial charge is 0.447 e. The Hall–Kier alpha value is -0.570. The fourth-order valence-electron chi connectivity index (χ4n) is 0.874. The quantitative estimate of drug-likeness (QED) is 0.362. The minimum atomic E-state index is -0.117. The molecule has 0 saturated heterocycles. The van der Waals surface area contributed by atoms with Gasteiger partial charge in [0.1, 0.15) is 0 Å². The highest BCUT2D eigenvalue weighted by Gasteiger charge is 2.09. The van der Waals surface area contributed by atoms with Crippen molar-refractivity contribution in [2.45, 2.75) is 45.8 Å². The summed E-state index contributed by atoms with van der Waals surface area (Å²) >= 11 is 0. The van der Waals surface area contributed by atoms with E-state index >= 15 is 0 Å². The van der Waals surface area contributed by atoms with E-state index in [1.54, 1.807) is 0 Å². The van der Waals surface area contributed by atoms with E-state index in [9.17, 15) is 4.79 Å². The smallest absolute Gasteiger partial charge is 0.307 e. The van der Waals surface area contributed by atoms with Gasteiger partial charge in [0, 0.05) is 6.42 Å². The number of nitrogens with zero attached hydrogens (tertiary/aromatic N) is 1. The monoisotopic (exact) mass is 187 g/mol. The van der Waals surface area contributed by atoms with E-state index < -0.39 is 0 Å². The highest BCUT2D eigenvalue weighted by atomic mass is 16.6. The summed E-state index contributed by atoms with van der Waals surface area (Å²) in [5.41, 5.74) is 0. The van der Waals surface area contributed by atoms with Gasteiger partial charge in [0.15, 0.2) is 6.23 Å². The lowest BCUT2D eigenvalue weighted by Gasteiger charge is -2.19. The Morgan fingerprint density at radius 1 is 1.38 bits per heavy atom. The predicted octanol–water partition coefficient (Wildman–Crippen LogP) is 2.02. The van der Waals surface area contributed by atoms with Crippen LogP contribution in [0.25, 0.3) is 0 Å². The molecule has 3 nitrogen and oxygen atoms in total. The van der Waals surface area contributed by atoms with Crippen molar-refractivity contribution in [3.63, 3.8) is 0 Å². The third-order valence-corrected chi connectivity index (χ3v) is 2.01. The normalized spacial score (nSPS) is 13.0. The lowest BCUT2D eigenvalue weighted by molar-refractivity contribution is -0.155. The number of esters is 1. The van der Waals surface area contributed by atoms with Crippen LogP contribution in [0.5, 0.6) is 0 Å². The molecule has 0 aliphatic heterocycles. The molecule has 78 valence electrons. The van der Waals surface area contributed by atoms with Gasteiger partial charge in [-0.15, -0.1) is 0 Å². The van der Waals surface area contributed by atoms with Gasteiger partial charge in [0.2, 0.25) is 0 Å². The van der Waals surface area contributed by atoms with Crippen molar-refractivity contribution >= 4 is 5.97 Å². The predicted molar refractivity (Wildman–Crippen MR) is 53.4 cm³/mol. The third kappa shape index (κ3) is 6.58. The molecule has 0 rings (SSSR count). The van der Waals surface area contributed by atoms with Crippen LogP contribution in [-0.4, -0.2) is 31.2 Å². The zero-order valence-corrected chi connectivity index (χ0v) is 9.17. The van der Waals surface area contributed by atoms with Crippen LogP contribution in [0.4, 0.5) is 0 Å². The number of carbonyl (C=O) groups is 1. The van der Waals surface area contributed by atoms with Gasteiger partial charge in [0.05, 0.1) is 0 Å². The van der Waals surface area contributed by atoms with E-state index in [-0.39, 0.29) is 12.2 Å². The first-order valence-corrected chi connectivity index (χ1v) is 4.93. The SMILES string of the molecule is CCCCCC(=O)OC(C)N(C)C. The lowest BCUT2D eigenvalue weighted by atomic mass is 10.2. The van der Waals surface area contributed by atoms with Crippen LogP contribution in [0.15, 0.2) is 0 Å². The van der Waals surface area contributed by atoms with E-state index in [0.29, 0.717) is 6.42 Å². The fourth-order valence-corrected chi connectivity index (χ4v) is 0.874. The highest BCUT2D eigenvalue weighted by molar-refractivity contribution is 5.69. The van der Waals surface area contributed by atoms with Gasteiger partial charge in [-0.2, -0.15) is 0 Å². The molecule has 1 atom stereocenters. The van der Waals surface area contributed by atoms with Crippen molar-refractivity contribution in [2.75, 3.05) is 14.1 Å². The third-order valence-electron chi connectivity index (χ3n) is 2.01. The van der Waals surface area contributed by atoms with Gasteiger partial charge in [-0.3, -0.25) is 9.69 Å². The zero-order valence-electron chi connectivity index (χ0n) is 9.17. The van der Waals surface area contributed by atoms with E-state index in [1.807, 2.05) is 25.9 Å². The van der Waals surface area contributed by atoms with Crippen LogP contribution >= 0.6 is 0 Å². The Morgan fingerprint density at radius 2 is 2.00 bits per heavy atom. The molecule has 1 unspecified atom stereocenters. The van der Waals surface area contributed by atoms with E-state index in [0.717, 1.165) is 19.3 Å². The average Bonchev–Trinajstić information content (AvgIpc) is 2.04. The molecule has 13 heavy (non-hydrogen) atoms. The van der Waals surface area contributed by atoms with Crippen molar-refractivity contribution in [3.8, 4) is 0 Å². The van der Waals surface area contributed by atoms with Gasteiger partial charge in [-0.05, 0) is 27.4 Å². The average molecular weight is 187 g/mol. The van der Waals surface area contributed by atoms with E-state index in [2.05, 4.69) is 6.92 Å². The van der Waals surface area contributed by atoms with Crippen molar-refractivity contribution in [1.82, 2.24) is 4.90 Å². The van der Waals surface area contributed by atoms with Crippen molar-refractivity contribution in [2.24, 2.45) is 0 Å². The Labute approximate surface area is 81.1 Å². The molecule has 0 aliphatic carbocycles. The molecule has 0 N–H and O–H groups in total. The number of ether oxygens (including phenoxy) is 1. The number of hydrogen-bond donors (Lipinski definition) is 0. The number of hydrogen-bond acceptors (Lipinski definition) is 3. The van der Waals surface area contributed by atoms with Crippen LogP contribution in [0.1, 0.15) is 39.5 Å². The Morgan fingerprint density at radius 3 is 2.46 bits per heavy atom. The van der Waals surface area contributed by atoms with Gasteiger partial charge >= 0.3 is 5.97 Å². The van der Waals surface area contributed by atoms with Crippen LogP contribution < -0.4 is 0 Å². The summed E-state index contributed by atoms with van der Waals surface area (Å²) in [4.78, 5) is 13.1. The minimum Gasteiger partial charge on any atom is -0.447 e. The molecule has 0 saturated carbocycles. The molecule has 0 fully saturated rings. The summed E-state index contributed by atoms with van der Waals surface area (Å²) in [7, 11) is 3.79. The molecule has 0 amide bonds. The van der Waals surface area contributed by atoms with Crippen molar-refractivity contribution in [3.05, 3.63) is 0 Å². The summed E-state index contributed by atoms with van der Waals surface area (Å²) in [6.45, 7) is 3.99. The summed E-state index contributed by atoms with van der Waals surface area (Å²) in [5.74, 6) is -0.0883. The van der Waals surface area contributed by atoms with Crippen LogP contribution in [0.2, 0.25) is 0 Å². The summed E-state index contributed by atoms with van der Waals surface area (Å²) in [5, 5.41) is 0. The zero-order chi connectivity index (χ0) is 10.3. The first-order valence-electron chi connectivity index (χ1n) is 4.93. The van der Waals surface area contributed by atoms with Crippen LogP contribution in [0, 0.1) is 0 Å². The molecular formula is C10H21NO2. The van der Waals surface area contributed by atoms with Gasteiger partial charge in [-0.1, -0.05) is 19.8 Å². The molecule has 0 aromatic carbocycles. The Bertz CT molecular complexity index is 146. The molecule has 3 heteroatoms. The second-order valence-electron chi connectivity index (χ2n) is 3.51. The minimum absolute atomic E-state index is 0.0883. The molecule has 0 aromatic heterocycles. The fraction of sp³-hybridized carbons (Fsp3) is 0.900. The lowest BCUT2D eigenvalue weighted by Crippen LogP contribution is -2.29. The summed E-state index contributed by atoms with van der Waals surface area (Å²) in [6, 6.07) is 0. The van der Waals surface area contributed by atoms with Gasteiger partial charge < -0.3 is 4.74 Å². The first kappa shape index (κ1) is 12.4. The molecule has 0 aliphatic rings. The topological polar surface area (TPSA) is 29.5 Å². The van der Waals surface area contributed by atoms with Crippen LogP contribution in [-0.2, 0) is 9.53 Å². The number of unbranched alkanes of at least 4 members (excludes halogenated alkanes) is 2. The molecule has 0 aromatic rings. The van der Waals surface area contributed by atoms with Gasteiger partial charge in [0.25, 0.3) is 0 Å². The summed E-state index contributed by atoms with van der Waals surface area (Å²) in [6.07, 6.45) is 3.61. The second kappa shape index (κ2) is 6.89. The van der Waals surface area contributed by atoms with Crippen molar-refractivity contribution < 1.29 is 9.53 Å². The Balaban J connectivity index is 3.50. The molecular weight excluding hydrogens is 166 g/mol. The maximum absolute atomic E-state index is 11.2. The van der Waals surface area contributed by atoms with Crippen molar-refractivity contribution in [1.29, 1.82) is 0 Å². The Kier molecular flexibility index (Phi) is 6.59. The maximum Gasteiger partial charge on any atom is 0.307 e. The maximum atomic E-state index is 11.2. The highest BCUT2D eigenvalue weighted by Crippen LogP contribution is 2.03. The summed E-state index contributed by atoms with van der Waals surface area (Å²) < 4.78 is 5.15. The van der Waals surface area contributed by atoms with Gasteiger partial charge in [-0.25, -0.2) is 0 Å². The molecule has 0 heterocycles.